The molecule has 0 fully saturated rings. The molecule has 1 aromatic heterocycles. The van der Waals surface area contributed by atoms with E-state index >= 15 is 0 Å². The smallest absolute Gasteiger partial charge is 0.180 e. The molecule has 0 aliphatic rings. The number of hydrogen-bond donors (Lipinski definition) is 0. The summed E-state index contributed by atoms with van der Waals surface area (Å²) in [4.78, 5) is 3.89. The maximum absolute atomic E-state index is 11.6. The van der Waals surface area contributed by atoms with Gasteiger partial charge in [0.05, 0.1) is 10.5 Å². The Morgan fingerprint density at radius 1 is 1.29 bits per heavy atom. The van der Waals surface area contributed by atoms with Crippen LogP contribution in [0.4, 0.5) is 0 Å². The van der Waals surface area contributed by atoms with Gasteiger partial charge in [0.1, 0.15) is 10.0 Å². The van der Waals surface area contributed by atoms with Gasteiger partial charge in [0.15, 0.2) is 9.84 Å². The zero-order valence-electron chi connectivity index (χ0n) is 8.54. The maximum Gasteiger partial charge on any atom is 0.180 e. The zero-order valence-corrected chi connectivity index (χ0v) is 12.5. The highest BCUT2D eigenvalue weighted by atomic mass is 79.9. The third-order valence-electron chi connectivity index (χ3n) is 2.17. The second-order valence-electron chi connectivity index (χ2n) is 3.48. The van der Waals surface area contributed by atoms with E-state index < -0.39 is 9.84 Å². The minimum atomic E-state index is -3.51. The summed E-state index contributed by atoms with van der Waals surface area (Å²) in [5.74, 6) is 0. The first-order chi connectivity index (χ1) is 7.80. The van der Waals surface area contributed by atoms with Crippen LogP contribution in [0.15, 0.2) is 27.6 Å². The van der Waals surface area contributed by atoms with Crippen LogP contribution in [0.5, 0.6) is 0 Å². The molecule has 90 valence electrons. The summed E-state index contributed by atoms with van der Waals surface area (Å²) >= 11 is 15.2. The van der Waals surface area contributed by atoms with Crippen molar-refractivity contribution in [2.45, 2.75) is 4.90 Å². The molecule has 7 heteroatoms. The number of nitrogens with zero attached hydrogens (tertiary/aromatic N) is 1. The fraction of sp³-hybridized carbons (Fsp3) is 0.100. The van der Waals surface area contributed by atoms with Gasteiger partial charge in [0.25, 0.3) is 0 Å². The lowest BCUT2D eigenvalue weighted by molar-refractivity contribution is 0.602. The first kappa shape index (κ1) is 13.1. The zero-order chi connectivity index (χ0) is 12.8. The van der Waals surface area contributed by atoms with Gasteiger partial charge in [-0.3, -0.25) is 0 Å². The average molecular weight is 355 g/mol. The highest BCUT2D eigenvalue weighted by molar-refractivity contribution is 9.10. The summed E-state index contributed by atoms with van der Waals surface area (Å²) in [7, 11) is -3.51. The number of hydrogen-bond acceptors (Lipinski definition) is 3. The highest BCUT2D eigenvalue weighted by Crippen LogP contribution is 2.35. The largest absolute Gasteiger partial charge is 0.235 e. The Labute approximate surface area is 117 Å². The summed E-state index contributed by atoms with van der Waals surface area (Å²) in [6, 6.07) is 5.20. The molecule has 0 spiro atoms. The Kier molecular flexibility index (Phi) is 3.38. The van der Waals surface area contributed by atoms with Crippen LogP contribution < -0.4 is 0 Å². The molecule has 0 N–H and O–H groups in total. The normalized spacial score (nSPS) is 12.0. The molecule has 2 aromatic rings. The molecule has 0 bridgehead atoms. The molecule has 0 saturated carbocycles. The Bertz CT molecular complexity index is 716. The molecule has 0 saturated heterocycles. The Morgan fingerprint density at radius 2 is 1.94 bits per heavy atom. The van der Waals surface area contributed by atoms with Crippen LogP contribution in [0.25, 0.3) is 10.9 Å². The molecular weight excluding hydrogens is 349 g/mol. The van der Waals surface area contributed by atoms with Gasteiger partial charge in [0.2, 0.25) is 0 Å². The molecule has 0 unspecified atom stereocenters. The van der Waals surface area contributed by atoms with Crippen molar-refractivity contribution in [2.75, 3.05) is 6.26 Å². The number of pyridine rings is 1. The minimum Gasteiger partial charge on any atom is -0.235 e. The number of benzene rings is 1. The molecule has 0 amide bonds. The van der Waals surface area contributed by atoms with Crippen molar-refractivity contribution < 1.29 is 8.42 Å². The lowest BCUT2D eigenvalue weighted by Crippen LogP contribution is -2.01. The number of sulfone groups is 1. The standard InChI is InChI=1S/C10H6BrCl2NO2S/c1-17(15,16)9-8(12)6-4-5(11)2-3-7(6)14-10(9)13/h2-4H,1H3. The quantitative estimate of drug-likeness (QED) is 0.733. The van der Waals surface area contributed by atoms with Crippen LogP contribution in [0.2, 0.25) is 10.2 Å². The topological polar surface area (TPSA) is 47.0 Å². The van der Waals surface area contributed by atoms with Crippen LogP contribution >= 0.6 is 39.1 Å². The fourth-order valence-electron chi connectivity index (χ4n) is 1.47. The van der Waals surface area contributed by atoms with Gasteiger partial charge in [-0.2, -0.15) is 0 Å². The van der Waals surface area contributed by atoms with Gasteiger partial charge in [-0.1, -0.05) is 39.1 Å². The van der Waals surface area contributed by atoms with E-state index in [1.165, 1.54) is 0 Å². The van der Waals surface area contributed by atoms with E-state index in [-0.39, 0.29) is 15.1 Å². The molecule has 1 heterocycles. The van der Waals surface area contributed by atoms with Gasteiger partial charge in [0, 0.05) is 16.1 Å². The second-order valence-corrected chi connectivity index (χ2v) is 7.08. The molecule has 1 aromatic carbocycles. The third-order valence-corrected chi connectivity index (χ3v) is 4.69. The Morgan fingerprint density at radius 3 is 2.53 bits per heavy atom. The monoisotopic (exact) mass is 353 g/mol. The van der Waals surface area contributed by atoms with Crippen LogP contribution in [-0.4, -0.2) is 19.7 Å². The second kappa shape index (κ2) is 4.39. The Hall–Kier alpha value is -0.360. The van der Waals surface area contributed by atoms with Crippen LogP contribution in [0.1, 0.15) is 0 Å². The number of fused-ring (bicyclic) bond motifs is 1. The summed E-state index contributed by atoms with van der Waals surface area (Å²) < 4.78 is 24.0. The summed E-state index contributed by atoms with van der Waals surface area (Å²) in [5, 5.41) is 0.544. The van der Waals surface area contributed by atoms with Crippen molar-refractivity contribution in [3.8, 4) is 0 Å². The summed E-state index contributed by atoms with van der Waals surface area (Å²) in [6.07, 6.45) is 1.05. The van der Waals surface area contributed by atoms with Crippen molar-refractivity contribution in [2.24, 2.45) is 0 Å². The van der Waals surface area contributed by atoms with Crippen molar-refractivity contribution in [1.29, 1.82) is 0 Å². The number of aromatic nitrogens is 1. The predicted molar refractivity (Wildman–Crippen MR) is 72.6 cm³/mol. The average Bonchev–Trinajstić information content (AvgIpc) is 2.17. The first-order valence-corrected chi connectivity index (χ1v) is 7.89. The molecule has 0 atom stereocenters. The summed E-state index contributed by atoms with van der Waals surface area (Å²) in [5.41, 5.74) is 0.551. The van der Waals surface area contributed by atoms with Gasteiger partial charge in [-0.05, 0) is 18.2 Å². The predicted octanol–water partition coefficient (Wildman–Crippen LogP) is 3.71. The molecule has 0 aliphatic carbocycles. The lowest BCUT2D eigenvalue weighted by atomic mass is 10.2. The van der Waals surface area contributed by atoms with E-state index in [2.05, 4.69) is 20.9 Å². The third kappa shape index (κ3) is 2.42. The van der Waals surface area contributed by atoms with Crippen molar-refractivity contribution in [3.63, 3.8) is 0 Å². The molecule has 2 rings (SSSR count). The molecule has 0 aliphatic heterocycles. The van der Waals surface area contributed by atoms with E-state index in [1.807, 2.05) is 0 Å². The van der Waals surface area contributed by atoms with E-state index in [0.29, 0.717) is 10.9 Å². The van der Waals surface area contributed by atoms with Crippen LogP contribution in [0.3, 0.4) is 0 Å². The first-order valence-electron chi connectivity index (χ1n) is 4.45. The molecule has 17 heavy (non-hydrogen) atoms. The molecule has 0 radical (unpaired) electrons. The van der Waals surface area contributed by atoms with Crippen molar-refractivity contribution >= 4 is 59.9 Å². The van der Waals surface area contributed by atoms with Gasteiger partial charge in [-0.25, -0.2) is 13.4 Å². The van der Waals surface area contributed by atoms with Crippen molar-refractivity contribution in [3.05, 3.63) is 32.8 Å². The van der Waals surface area contributed by atoms with E-state index in [4.69, 9.17) is 23.2 Å². The minimum absolute atomic E-state index is 0.101. The molecular formula is C10H6BrCl2NO2S. The van der Waals surface area contributed by atoms with Gasteiger partial charge >= 0.3 is 0 Å². The van der Waals surface area contributed by atoms with Crippen molar-refractivity contribution in [1.82, 2.24) is 4.98 Å². The van der Waals surface area contributed by atoms with E-state index in [9.17, 15) is 8.42 Å². The van der Waals surface area contributed by atoms with E-state index in [0.717, 1.165) is 10.7 Å². The van der Waals surface area contributed by atoms with Crippen LogP contribution in [-0.2, 0) is 9.84 Å². The maximum atomic E-state index is 11.6. The molecule has 3 nitrogen and oxygen atoms in total. The van der Waals surface area contributed by atoms with E-state index in [1.54, 1.807) is 18.2 Å². The lowest BCUT2D eigenvalue weighted by Gasteiger charge is -2.08. The Balaban J connectivity index is 2.98. The summed E-state index contributed by atoms with van der Waals surface area (Å²) in [6.45, 7) is 0. The highest BCUT2D eigenvalue weighted by Gasteiger charge is 2.20. The van der Waals surface area contributed by atoms with Gasteiger partial charge < -0.3 is 0 Å². The van der Waals surface area contributed by atoms with Gasteiger partial charge in [-0.15, -0.1) is 0 Å². The SMILES string of the molecule is CS(=O)(=O)c1c(Cl)nc2ccc(Br)cc2c1Cl. The number of halogens is 3. The number of rotatable bonds is 1. The van der Waals surface area contributed by atoms with Crippen LogP contribution in [0, 0.1) is 0 Å². The fourth-order valence-corrected chi connectivity index (χ4v) is 3.93.